The first-order chi connectivity index (χ1) is 23.9. The minimum absolute atomic E-state index is 0.0979. The molecule has 0 aliphatic heterocycles. The van der Waals surface area contributed by atoms with E-state index in [1.54, 1.807) is 57.1 Å². The van der Waals surface area contributed by atoms with Crippen LogP contribution in [0.3, 0.4) is 0 Å². The third-order valence-corrected chi connectivity index (χ3v) is 8.24. The summed E-state index contributed by atoms with van der Waals surface area (Å²) in [6, 6.07) is 5.99. The van der Waals surface area contributed by atoms with Crippen molar-refractivity contribution in [3.8, 4) is 11.5 Å². The molecule has 0 aromatic heterocycles. The Labute approximate surface area is 326 Å². The maximum Gasteiger partial charge on any atom is 0.343 e. The first-order valence-electron chi connectivity index (χ1n) is 16.0. The van der Waals surface area contributed by atoms with E-state index in [1.807, 2.05) is 34.6 Å². The number of hydrogen-bond donors (Lipinski definition) is 2. The molecule has 1 atom stereocenters. The lowest BCUT2D eigenvalue weighted by atomic mass is 9.88. The third-order valence-electron chi connectivity index (χ3n) is 6.54. The summed E-state index contributed by atoms with van der Waals surface area (Å²) in [5, 5.41) is 20.7. The fourth-order valence-corrected chi connectivity index (χ4v) is 5.45. The molecule has 0 radical (unpaired) electrons. The maximum absolute atomic E-state index is 12.8. The number of esters is 2. The molecule has 0 heterocycles. The monoisotopic (exact) mass is 878 g/mol. The standard InChI is InChI=1S/C20H27BrClNO5.C16H19BrClNO4/c1-6-27-15-9-12(21)8-13(17(15)22)18(25)14(19(26)28-7-2)10-23-16(11-24)20(3,4)5;1-5-22-13-8-10(17)7-11(14(13)18)15(20)12(9-19(3)4)16(21)23-6-2/h8-10,16,24-25H,6-7,11H2,1-5H3;7-9H,5-6H2,1-4H3. The van der Waals surface area contributed by atoms with Gasteiger partial charge in [0.2, 0.25) is 5.78 Å². The highest BCUT2D eigenvalue weighted by Gasteiger charge is 2.27. The predicted octanol–water partition coefficient (Wildman–Crippen LogP) is 8.50. The molecule has 15 heteroatoms. The van der Waals surface area contributed by atoms with Crippen LogP contribution in [0.4, 0.5) is 0 Å². The number of aliphatic imine (C=N–C) groups is 1. The Morgan fingerprint density at radius 2 is 1.31 bits per heavy atom. The van der Waals surface area contributed by atoms with Gasteiger partial charge >= 0.3 is 11.9 Å². The molecule has 0 bridgehead atoms. The van der Waals surface area contributed by atoms with Crippen LogP contribution in [0.2, 0.25) is 10.0 Å². The highest BCUT2D eigenvalue weighted by atomic mass is 79.9. The van der Waals surface area contributed by atoms with E-state index in [0.29, 0.717) is 33.7 Å². The lowest BCUT2D eigenvalue weighted by molar-refractivity contribution is -0.138. The van der Waals surface area contributed by atoms with E-state index in [0.717, 1.165) is 0 Å². The molecule has 0 saturated carbocycles. The number of Topliss-reactive ketones (excluding diaryl/α,β-unsaturated/α-hetero) is 1. The quantitative estimate of drug-likeness (QED) is 0.0340. The number of aliphatic hydroxyl groups excluding tert-OH is 2. The van der Waals surface area contributed by atoms with Crippen LogP contribution in [0.5, 0.6) is 11.5 Å². The fourth-order valence-electron chi connectivity index (χ4n) is 4.08. The van der Waals surface area contributed by atoms with Gasteiger partial charge in [0.25, 0.3) is 0 Å². The van der Waals surface area contributed by atoms with Gasteiger partial charge in [0.15, 0.2) is 0 Å². The Hall–Kier alpha value is -3.10. The van der Waals surface area contributed by atoms with Gasteiger partial charge in [-0.05, 0) is 57.4 Å². The van der Waals surface area contributed by atoms with Crippen LogP contribution in [0.25, 0.3) is 5.76 Å². The number of carbonyl (C=O) groups is 3. The number of ether oxygens (including phenoxy) is 4. The first kappa shape index (κ1) is 45.9. The van der Waals surface area contributed by atoms with Gasteiger partial charge < -0.3 is 34.1 Å². The summed E-state index contributed by atoms with van der Waals surface area (Å²) in [6.45, 7) is 13.6. The SMILES string of the molecule is CCOC(=O)C(=CN(C)C)C(=O)c1cc(Br)cc(OCC)c1Cl.CCOC(=O)C(C=NC(CO)C(C)(C)C)=C(O)c1cc(Br)cc(OCC)c1Cl. The molecule has 0 fully saturated rings. The molecule has 0 saturated heterocycles. The predicted molar refractivity (Wildman–Crippen MR) is 208 cm³/mol. The molecule has 51 heavy (non-hydrogen) atoms. The number of carbonyl (C=O) groups excluding carboxylic acids is 3. The zero-order valence-electron chi connectivity index (χ0n) is 30.2. The van der Waals surface area contributed by atoms with Gasteiger partial charge in [-0.25, -0.2) is 9.59 Å². The lowest BCUT2D eigenvalue weighted by Gasteiger charge is -2.25. The summed E-state index contributed by atoms with van der Waals surface area (Å²) in [6.07, 6.45) is 2.63. The Morgan fingerprint density at radius 1 is 0.843 bits per heavy atom. The number of aliphatic hydroxyl groups is 2. The number of rotatable bonds is 15. The van der Waals surface area contributed by atoms with Gasteiger partial charge in [0, 0.05) is 46.6 Å². The van der Waals surface area contributed by atoms with Gasteiger partial charge in [-0.3, -0.25) is 9.79 Å². The molecule has 1 unspecified atom stereocenters. The second-order valence-corrected chi connectivity index (χ2v) is 14.4. The normalized spacial score (nSPS) is 12.7. The van der Waals surface area contributed by atoms with Crippen molar-refractivity contribution < 1.29 is 43.5 Å². The van der Waals surface area contributed by atoms with Crippen molar-refractivity contribution in [3.63, 3.8) is 0 Å². The summed E-state index contributed by atoms with van der Waals surface area (Å²) < 4.78 is 22.1. The third kappa shape index (κ3) is 14.1. The zero-order chi connectivity index (χ0) is 39.1. The van der Waals surface area contributed by atoms with E-state index >= 15 is 0 Å². The number of nitrogens with zero attached hydrogens (tertiary/aromatic N) is 2. The van der Waals surface area contributed by atoms with E-state index in [1.165, 1.54) is 12.4 Å². The van der Waals surface area contributed by atoms with Crippen molar-refractivity contribution in [2.45, 2.75) is 54.5 Å². The highest BCUT2D eigenvalue weighted by molar-refractivity contribution is 9.10. The Bertz CT molecular complexity index is 1620. The summed E-state index contributed by atoms with van der Waals surface area (Å²) in [5.74, 6) is -1.61. The number of halogens is 4. The minimum atomic E-state index is -0.747. The maximum atomic E-state index is 12.8. The molecule has 2 rings (SSSR count). The summed E-state index contributed by atoms with van der Waals surface area (Å²) >= 11 is 19.3. The molecule has 0 spiro atoms. The van der Waals surface area contributed by atoms with Crippen LogP contribution in [-0.2, 0) is 19.1 Å². The Balaban J connectivity index is 0.000000520. The van der Waals surface area contributed by atoms with E-state index in [4.69, 9.17) is 42.1 Å². The second-order valence-electron chi connectivity index (χ2n) is 11.8. The van der Waals surface area contributed by atoms with Crippen LogP contribution in [-0.4, -0.2) is 92.2 Å². The fraction of sp³-hybridized carbons (Fsp3) is 0.444. The van der Waals surface area contributed by atoms with Crippen LogP contribution in [0, 0.1) is 5.41 Å². The van der Waals surface area contributed by atoms with Crippen LogP contribution in [0.1, 0.15) is 64.4 Å². The van der Waals surface area contributed by atoms with Crippen LogP contribution in [0.15, 0.2) is 55.5 Å². The second kappa shape index (κ2) is 22.1. The highest BCUT2D eigenvalue weighted by Crippen LogP contribution is 2.37. The number of hydrogen-bond acceptors (Lipinski definition) is 11. The molecule has 2 aromatic carbocycles. The average molecular weight is 881 g/mol. The van der Waals surface area contributed by atoms with Crippen molar-refractivity contribution in [1.29, 1.82) is 0 Å². The number of ketones is 1. The van der Waals surface area contributed by atoms with Gasteiger partial charge in [-0.2, -0.15) is 0 Å². The smallest absolute Gasteiger partial charge is 0.343 e. The molecule has 0 aliphatic carbocycles. The van der Waals surface area contributed by atoms with Crippen molar-refractivity contribution >= 4 is 84.8 Å². The van der Waals surface area contributed by atoms with E-state index < -0.39 is 23.8 Å². The van der Waals surface area contributed by atoms with Crippen LogP contribution >= 0.6 is 55.1 Å². The number of benzene rings is 2. The van der Waals surface area contributed by atoms with E-state index in [-0.39, 0.29) is 63.3 Å². The first-order valence-corrected chi connectivity index (χ1v) is 18.3. The van der Waals surface area contributed by atoms with Gasteiger partial charge in [-0.15, -0.1) is 0 Å². The van der Waals surface area contributed by atoms with Crippen molar-refractivity contribution in [3.05, 3.63) is 71.7 Å². The molecular formula is C36H46Br2Cl2N2O9. The minimum Gasteiger partial charge on any atom is -0.506 e. The van der Waals surface area contributed by atoms with Crippen LogP contribution < -0.4 is 9.47 Å². The summed E-state index contributed by atoms with van der Waals surface area (Å²) in [5.41, 5.74) is -0.224. The molecule has 0 aliphatic rings. The van der Waals surface area contributed by atoms with Gasteiger partial charge in [0.1, 0.15) is 28.4 Å². The van der Waals surface area contributed by atoms with Gasteiger partial charge in [0.05, 0.1) is 49.1 Å². The Morgan fingerprint density at radius 3 is 1.75 bits per heavy atom. The molecule has 2 aromatic rings. The average Bonchev–Trinajstić information content (AvgIpc) is 3.04. The molecular weight excluding hydrogens is 835 g/mol. The van der Waals surface area contributed by atoms with Crippen molar-refractivity contribution in [1.82, 2.24) is 4.90 Å². The lowest BCUT2D eigenvalue weighted by Crippen LogP contribution is -2.28. The zero-order valence-corrected chi connectivity index (χ0v) is 34.9. The summed E-state index contributed by atoms with van der Waals surface area (Å²) in [4.78, 5) is 43.2. The van der Waals surface area contributed by atoms with Crippen molar-refractivity contribution in [2.24, 2.45) is 10.4 Å². The molecule has 11 nitrogen and oxygen atoms in total. The summed E-state index contributed by atoms with van der Waals surface area (Å²) in [7, 11) is 3.42. The largest absolute Gasteiger partial charge is 0.506 e. The Kier molecular flexibility index (Phi) is 19.9. The molecule has 282 valence electrons. The molecule has 0 amide bonds. The van der Waals surface area contributed by atoms with E-state index in [9.17, 15) is 24.6 Å². The van der Waals surface area contributed by atoms with Crippen molar-refractivity contribution in [2.75, 3.05) is 47.1 Å². The molecule has 2 N–H and O–H groups in total. The van der Waals surface area contributed by atoms with E-state index in [2.05, 4.69) is 36.9 Å². The topological polar surface area (TPSA) is 144 Å². The van der Waals surface area contributed by atoms with Gasteiger partial charge in [-0.1, -0.05) is 75.8 Å².